The summed E-state index contributed by atoms with van der Waals surface area (Å²) < 4.78 is 1.65. The first-order valence-electron chi connectivity index (χ1n) is 7.06. The first-order chi connectivity index (χ1) is 10.2. The largest absolute Gasteiger partial charge is 0.344 e. The molecular formula is C13H16N8. The quantitative estimate of drug-likeness (QED) is 0.760. The summed E-state index contributed by atoms with van der Waals surface area (Å²) >= 11 is 0. The molecule has 1 N–H and O–H groups in total. The number of hydrogen-bond acceptors (Lipinski definition) is 6. The Kier molecular flexibility index (Phi) is 2.63. The topological polar surface area (TPSA) is 87.9 Å². The Morgan fingerprint density at radius 1 is 1.33 bits per heavy atom. The molecule has 1 saturated heterocycles. The van der Waals surface area contributed by atoms with Gasteiger partial charge in [0.15, 0.2) is 5.82 Å². The van der Waals surface area contributed by atoms with E-state index in [1.807, 2.05) is 13.8 Å². The van der Waals surface area contributed by atoms with Crippen LogP contribution in [0.3, 0.4) is 0 Å². The average molecular weight is 284 g/mol. The number of imidazole rings is 1. The third-order valence-corrected chi connectivity index (χ3v) is 4.08. The van der Waals surface area contributed by atoms with Crippen LogP contribution in [-0.4, -0.2) is 41.5 Å². The third-order valence-electron chi connectivity index (χ3n) is 4.08. The van der Waals surface area contributed by atoms with E-state index in [4.69, 9.17) is 0 Å². The minimum atomic E-state index is 0.202. The van der Waals surface area contributed by atoms with E-state index >= 15 is 0 Å². The number of aromatic nitrogens is 7. The van der Waals surface area contributed by atoms with Crippen molar-refractivity contribution in [3.8, 4) is 0 Å². The molecule has 0 spiro atoms. The molecule has 1 atom stereocenters. The second-order valence-electron chi connectivity index (χ2n) is 5.38. The Balaban J connectivity index is 1.78. The highest BCUT2D eigenvalue weighted by Gasteiger charge is 2.31. The Morgan fingerprint density at radius 2 is 2.24 bits per heavy atom. The molecule has 8 nitrogen and oxygen atoms in total. The van der Waals surface area contributed by atoms with Gasteiger partial charge in [-0.2, -0.15) is 4.52 Å². The molecule has 1 aliphatic heterocycles. The molecule has 1 fully saturated rings. The van der Waals surface area contributed by atoms with Gasteiger partial charge in [0, 0.05) is 18.4 Å². The molecule has 1 aliphatic rings. The van der Waals surface area contributed by atoms with E-state index in [0.717, 1.165) is 42.4 Å². The van der Waals surface area contributed by atoms with E-state index in [-0.39, 0.29) is 6.04 Å². The van der Waals surface area contributed by atoms with Crippen LogP contribution in [0.5, 0.6) is 0 Å². The summed E-state index contributed by atoms with van der Waals surface area (Å²) in [4.78, 5) is 14.8. The van der Waals surface area contributed by atoms with Crippen molar-refractivity contribution in [3.63, 3.8) is 0 Å². The maximum atomic E-state index is 4.65. The van der Waals surface area contributed by atoms with Crippen molar-refractivity contribution in [3.05, 3.63) is 29.6 Å². The lowest BCUT2D eigenvalue weighted by Crippen LogP contribution is -2.25. The SMILES string of the molecule is Cc1nc(C2CCCN2c2nccn3nnnc23)[nH]c1C. The molecule has 0 saturated carbocycles. The Hall–Kier alpha value is -2.51. The van der Waals surface area contributed by atoms with E-state index in [9.17, 15) is 0 Å². The van der Waals surface area contributed by atoms with E-state index < -0.39 is 0 Å². The standard InChI is InChI=1S/C13H16N8/c1-8-9(2)16-11(15-8)10-4-3-6-20(10)12-13-17-18-19-21(13)7-5-14-12/h5,7,10H,3-4,6H2,1-2H3,(H,15,16). The number of rotatable bonds is 2. The lowest BCUT2D eigenvalue weighted by molar-refractivity contribution is 0.667. The third kappa shape index (κ3) is 1.86. The predicted octanol–water partition coefficient (Wildman–Crippen LogP) is 1.20. The summed E-state index contributed by atoms with van der Waals surface area (Å²) in [7, 11) is 0. The number of aryl methyl sites for hydroxylation is 2. The van der Waals surface area contributed by atoms with E-state index in [1.54, 1.807) is 16.9 Å². The molecule has 0 bridgehead atoms. The zero-order chi connectivity index (χ0) is 14.4. The van der Waals surface area contributed by atoms with Crippen molar-refractivity contribution < 1.29 is 0 Å². The number of hydrogen-bond donors (Lipinski definition) is 1. The highest BCUT2D eigenvalue weighted by atomic mass is 15.5. The van der Waals surface area contributed by atoms with Crippen LogP contribution < -0.4 is 4.90 Å². The lowest BCUT2D eigenvalue weighted by atomic mass is 10.2. The molecule has 3 aromatic rings. The van der Waals surface area contributed by atoms with Crippen LogP contribution >= 0.6 is 0 Å². The Morgan fingerprint density at radius 3 is 3.05 bits per heavy atom. The Bertz CT molecular complexity index is 769. The number of fused-ring (bicyclic) bond motifs is 1. The number of H-pyrrole nitrogens is 1. The van der Waals surface area contributed by atoms with Gasteiger partial charge < -0.3 is 9.88 Å². The minimum Gasteiger partial charge on any atom is -0.344 e. The molecular weight excluding hydrogens is 268 g/mol. The molecule has 4 rings (SSSR count). The van der Waals surface area contributed by atoms with Gasteiger partial charge in [-0.1, -0.05) is 0 Å². The average Bonchev–Trinajstić information content (AvgIpc) is 3.19. The minimum absolute atomic E-state index is 0.202. The van der Waals surface area contributed by atoms with Crippen LogP contribution in [0.2, 0.25) is 0 Å². The number of aromatic amines is 1. The predicted molar refractivity (Wildman–Crippen MR) is 76.0 cm³/mol. The van der Waals surface area contributed by atoms with Gasteiger partial charge in [-0.05, 0) is 37.1 Å². The number of tetrazole rings is 1. The second kappa shape index (κ2) is 4.51. The molecule has 8 heteroatoms. The molecule has 0 radical (unpaired) electrons. The van der Waals surface area contributed by atoms with Gasteiger partial charge in [-0.15, -0.1) is 5.10 Å². The molecule has 4 heterocycles. The summed E-state index contributed by atoms with van der Waals surface area (Å²) in [5.41, 5.74) is 2.85. The van der Waals surface area contributed by atoms with Gasteiger partial charge >= 0.3 is 0 Å². The lowest BCUT2D eigenvalue weighted by Gasteiger charge is -2.23. The summed E-state index contributed by atoms with van der Waals surface area (Å²) in [6.07, 6.45) is 5.64. The molecule has 0 aromatic carbocycles. The van der Waals surface area contributed by atoms with Gasteiger partial charge in [0.1, 0.15) is 5.82 Å². The summed E-state index contributed by atoms with van der Waals surface area (Å²) in [6.45, 7) is 5.01. The number of anilines is 1. The fourth-order valence-electron chi connectivity index (χ4n) is 2.91. The zero-order valence-electron chi connectivity index (χ0n) is 12.0. The highest BCUT2D eigenvalue weighted by Crippen LogP contribution is 2.35. The molecule has 3 aromatic heterocycles. The van der Waals surface area contributed by atoms with Crippen molar-refractivity contribution in [1.82, 2.24) is 35.0 Å². The van der Waals surface area contributed by atoms with E-state index in [2.05, 4.69) is 35.4 Å². The van der Waals surface area contributed by atoms with Crippen molar-refractivity contribution in [2.75, 3.05) is 11.4 Å². The number of nitrogens with zero attached hydrogens (tertiary/aromatic N) is 7. The van der Waals surface area contributed by atoms with Crippen molar-refractivity contribution >= 4 is 11.5 Å². The second-order valence-corrected chi connectivity index (χ2v) is 5.38. The molecule has 21 heavy (non-hydrogen) atoms. The van der Waals surface area contributed by atoms with E-state index in [1.165, 1.54) is 0 Å². The van der Waals surface area contributed by atoms with Crippen LogP contribution in [0.15, 0.2) is 12.4 Å². The van der Waals surface area contributed by atoms with Gasteiger partial charge in [-0.25, -0.2) is 9.97 Å². The van der Waals surface area contributed by atoms with Crippen LogP contribution in [0.25, 0.3) is 5.65 Å². The van der Waals surface area contributed by atoms with E-state index in [0.29, 0.717) is 5.65 Å². The van der Waals surface area contributed by atoms with Crippen LogP contribution in [-0.2, 0) is 0 Å². The van der Waals surface area contributed by atoms with Crippen LogP contribution in [0.4, 0.5) is 5.82 Å². The fourth-order valence-corrected chi connectivity index (χ4v) is 2.91. The summed E-state index contributed by atoms with van der Waals surface area (Å²) in [5.74, 6) is 1.82. The molecule has 0 aliphatic carbocycles. The maximum Gasteiger partial charge on any atom is 0.222 e. The van der Waals surface area contributed by atoms with Crippen LogP contribution in [0.1, 0.15) is 36.1 Å². The monoisotopic (exact) mass is 284 g/mol. The summed E-state index contributed by atoms with van der Waals surface area (Å²) in [5, 5.41) is 11.7. The first kappa shape index (κ1) is 12.2. The molecule has 108 valence electrons. The zero-order valence-corrected chi connectivity index (χ0v) is 12.0. The van der Waals surface area contributed by atoms with Gasteiger partial charge in [0.25, 0.3) is 0 Å². The maximum absolute atomic E-state index is 4.65. The highest BCUT2D eigenvalue weighted by molar-refractivity contribution is 5.63. The fraction of sp³-hybridized carbons (Fsp3) is 0.462. The molecule has 0 amide bonds. The molecule has 1 unspecified atom stereocenters. The normalized spacial score (nSPS) is 18.8. The van der Waals surface area contributed by atoms with Gasteiger partial charge in [0.05, 0.1) is 17.9 Å². The first-order valence-corrected chi connectivity index (χ1v) is 7.06. The summed E-state index contributed by atoms with van der Waals surface area (Å²) in [6, 6.07) is 0.202. The smallest absolute Gasteiger partial charge is 0.222 e. The van der Waals surface area contributed by atoms with Crippen molar-refractivity contribution in [2.45, 2.75) is 32.7 Å². The Labute approximate surface area is 121 Å². The van der Waals surface area contributed by atoms with Crippen molar-refractivity contribution in [1.29, 1.82) is 0 Å². The van der Waals surface area contributed by atoms with Gasteiger partial charge in [0.2, 0.25) is 5.65 Å². The number of nitrogens with one attached hydrogen (secondary N) is 1. The van der Waals surface area contributed by atoms with Crippen molar-refractivity contribution in [2.24, 2.45) is 0 Å². The van der Waals surface area contributed by atoms with Crippen LogP contribution in [0, 0.1) is 13.8 Å². The van der Waals surface area contributed by atoms with Gasteiger partial charge in [-0.3, -0.25) is 0 Å².